The molecule has 0 radical (unpaired) electrons. The van der Waals surface area contributed by atoms with Crippen molar-refractivity contribution in [3.63, 3.8) is 0 Å². The molecule has 1 aliphatic heterocycles. The second-order valence-electron chi connectivity index (χ2n) is 5.10. The van der Waals surface area contributed by atoms with Crippen LogP contribution in [0.1, 0.15) is 0 Å². The average Bonchev–Trinajstić information content (AvgIpc) is 2.61. The monoisotopic (exact) mass is 333 g/mol. The summed E-state index contributed by atoms with van der Waals surface area (Å²) in [6.07, 6.45) is 0.151. The van der Waals surface area contributed by atoms with Gasteiger partial charge in [0.25, 0.3) is 0 Å². The molecule has 128 valence electrons. The summed E-state index contributed by atoms with van der Waals surface area (Å²) >= 11 is 0. The number of morpholine rings is 1. The van der Waals surface area contributed by atoms with E-state index in [1.165, 1.54) is 5.39 Å². The second-order valence-corrected chi connectivity index (χ2v) is 5.10. The third-order valence-corrected chi connectivity index (χ3v) is 3.36. The predicted octanol–water partition coefficient (Wildman–Crippen LogP) is 1.36. The molecule has 3 N–H and O–H groups in total. The van der Waals surface area contributed by atoms with Crippen LogP contribution in [0, 0.1) is 0 Å². The van der Waals surface area contributed by atoms with Gasteiger partial charge in [-0.05, 0) is 11.5 Å². The van der Waals surface area contributed by atoms with Gasteiger partial charge in [-0.3, -0.25) is 0 Å². The Balaban J connectivity index is 0.000000301. The van der Waals surface area contributed by atoms with Gasteiger partial charge in [0, 0.05) is 18.5 Å². The second kappa shape index (κ2) is 8.85. The smallest absolute Gasteiger partial charge is 0.414 e. The fourth-order valence-electron chi connectivity index (χ4n) is 2.23. The summed E-state index contributed by atoms with van der Waals surface area (Å²) in [4.78, 5) is 18.2. The topological polar surface area (TPSA) is 105 Å². The lowest BCUT2D eigenvalue weighted by atomic mass is 10.1. The van der Waals surface area contributed by atoms with Crippen molar-refractivity contribution in [3.05, 3.63) is 42.5 Å². The molecule has 1 saturated heterocycles. The van der Waals surface area contributed by atoms with E-state index in [0.29, 0.717) is 6.61 Å². The number of carboxylic acids is 2. The predicted molar refractivity (Wildman–Crippen MR) is 87.3 cm³/mol. The van der Waals surface area contributed by atoms with E-state index in [1.807, 2.05) is 24.3 Å². The van der Waals surface area contributed by atoms with Crippen LogP contribution < -0.4 is 10.1 Å². The summed E-state index contributed by atoms with van der Waals surface area (Å²) in [5.74, 6) is -2.72. The van der Waals surface area contributed by atoms with Crippen LogP contribution in [0.2, 0.25) is 0 Å². The zero-order valence-electron chi connectivity index (χ0n) is 13.0. The first-order chi connectivity index (χ1) is 11.6. The zero-order valence-corrected chi connectivity index (χ0v) is 13.0. The Morgan fingerprint density at radius 2 is 1.83 bits per heavy atom. The number of benzene rings is 2. The minimum Gasteiger partial charge on any atom is -0.490 e. The Bertz CT molecular complexity index is 679. The van der Waals surface area contributed by atoms with Gasteiger partial charge in [-0.25, -0.2) is 9.59 Å². The molecule has 7 heteroatoms. The summed E-state index contributed by atoms with van der Waals surface area (Å²) < 4.78 is 11.5. The molecular formula is C17H19NO6. The van der Waals surface area contributed by atoms with E-state index in [0.717, 1.165) is 30.8 Å². The summed E-state index contributed by atoms with van der Waals surface area (Å²) in [5, 5.41) is 20.4. The van der Waals surface area contributed by atoms with Gasteiger partial charge in [0.05, 0.1) is 6.61 Å². The lowest BCUT2D eigenvalue weighted by molar-refractivity contribution is -0.159. The van der Waals surface area contributed by atoms with Crippen LogP contribution in [-0.4, -0.2) is 54.6 Å². The SMILES string of the molecule is O=C(O)C(=O)O.c1ccc2c(OCC3CNCCO3)cccc2c1. The van der Waals surface area contributed by atoms with Crippen LogP contribution in [0.15, 0.2) is 42.5 Å². The molecule has 0 aliphatic carbocycles. The van der Waals surface area contributed by atoms with Crippen molar-refractivity contribution in [1.82, 2.24) is 5.32 Å². The van der Waals surface area contributed by atoms with Crippen LogP contribution >= 0.6 is 0 Å². The summed E-state index contributed by atoms with van der Waals surface area (Å²) in [6, 6.07) is 14.4. The van der Waals surface area contributed by atoms with Crippen molar-refractivity contribution in [2.75, 3.05) is 26.3 Å². The van der Waals surface area contributed by atoms with Crippen molar-refractivity contribution in [2.45, 2.75) is 6.10 Å². The largest absolute Gasteiger partial charge is 0.490 e. The number of carboxylic acid groups (broad SMARTS) is 2. The lowest BCUT2D eigenvalue weighted by Crippen LogP contribution is -2.41. The van der Waals surface area contributed by atoms with E-state index < -0.39 is 11.9 Å². The van der Waals surface area contributed by atoms with Gasteiger partial charge in [-0.2, -0.15) is 0 Å². The number of fused-ring (bicyclic) bond motifs is 1. The molecule has 0 saturated carbocycles. The third-order valence-electron chi connectivity index (χ3n) is 3.36. The Morgan fingerprint density at radius 1 is 1.12 bits per heavy atom. The fourth-order valence-corrected chi connectivity index (χ4v) is 2.23. The highest BCUT2D eigenvalue weighted by molar-refractivity contribution is 6.27. The van der Waals surface area contributed by atoms with Crippen molar-refractivity contribution in [3.8, 4) is 5.75 Å². The van der Waals surface area contributed by atoms with Crippen LogP contribution in [0.25, 0.3) is 10.8 Å². The first kappa shape index (κ1) is 17.7. The van der Waals surface area contributed by atoms with Gasteiger partial charge in [0.15, 0.2) is 0 Å². The van der Waals surface area contributed by atoms with E-state index in [4.69, 9.17) is 29.3 Å². The molecule has 7 nitrogen and oxygen atoms in total. The van der Waals surface area contributed by atoms with Gasteiger partial charge in [0.2, 0.25) is 0 Å². The maximum absolute atomic E-state index is 9.10. The molecule has 1 heterocycles. The number of hydrogen-bond acceptors (Lipinski definition) is 5. The molecule has 24 heavy (non-hydrogen) atoms. The molecule has 0 spiro atoms. The Hall–Kier alpha value is -2.64. The summed E-state index contributed by atoms with van der Waals surface area (Å²) in [5.41, 5.74) is 0. The first-order valence-corrected chi connectivity index (χ1v) is 7.47. The minimum absolute atomic E-state index is 0.151. The molecule has 1 atom stereocenters. The summed E-state index contributed by atoms with van der Waals surface area (Å²) in [7, 11) is 0. The highest BCUT2D eigenvalue weighted by Gasteiger charge is 2.14. The van der Waals surface area contributed by atoms with Crippen molar-refractivity contribution in [2.24, 2.45) is 0 Å². The Labute approximate surface area is 138 Å². The van der Waals surface area contributed by atoms with E-state index in [-0.39, 0.29) is 6.10 Å². The van der Waals surface area contributed by atoms with Gasteiger partial charge in [-0.1, -0.05) is 36.4 Å². The molecular weight excluding hydrogens is 314 g/mol. The highest BCUT2D eigenvalue weighted by atomic mass is 16.5. The van der Waals surface area contributed by atoms with E-state index in [1.54, 1.807) is 0 Å². The molecule has 1 fully saturated rings. The number of rotatable bonds is 3. The number of ether oxygens (including phenoxy) is 2. The molecule has 1 aliphatic rings. The zero-order chi connectivity index (χ0) is 17.4. The van der Waals surface area contributed by atoms with E-state index in [2.05, 4.69) is 23.5 Å². The Morgan fingerprint density at radius 3 is 2.50 bits per heavy atom. The van der Waals surface area contributed by atoms with Gasteiger partial charge in [0.1, 0.15) is 18.5 Å². The molecule has 1 unspecified atom stereocenters. The molecule has 2 aromatic carbocycles. The number of aliphatic carboxylic acids is 2. The van der Waals surface area contributed by atoms with Crippen molar-refractivity contribution >= 4 is 22.7 Å². The standard InChI is InChI=1S/C15H17NO2.C2H2O4/c1-2-6-14-12(4-1)5-3-7-15(14)18-11-13-10-16-8-9-17-13;3-1(4)2(5)6/h1-7,13,16H,8-11H2;(H,3,4)(H,5,6). The molecule has 0 amide bonds. The lowest BCUT2D eigenvalue weighted by Gasteiger charge is -2.23. The number of carbonyl (C=O) groups is 2. The summed E-state index contributed by atoms with van der Waals surface area (Å²) in [6.45, 7) is 3.17. The van der Waals surface area contributed by atoms with Crippen LogP contribution in [0.4, 0.5) is 0 Å². The van der Waals surface area contributed by atoms with Crippen molar-refractivity contribution < 1.29 is 29.3 Å². The molecule has 0 bridgehead atoms. The average molecular weight is 333 g/mol. The fraction of sp³-hybridized carbons (Fsp3) is 0.294. The van der Waals surface area contributed by atoms with Crippen LogP contribution in [0.5, 0.6) is 5.75 Å². The molecule has 3 rings (SSSR count). The van der Waals surface area contributed by atoms with Crippen LogP contribution in [-0.2, 0) is 14.3 Å². The van der Waals surface area contributed by atoms with Gasteiger partial charge >= 0.3 is 11.9 Å². The molecule has 2 aromatic rings. The normalized spacial score (nSPS) is 16.8. The number of hydrogen-bond donors (Lipinski definition) is 3. The maximum Gasteiger partial charge on any atom is 0.414 e. The van der Waals surface area contributed by atoms with E-state index >= 15 is 0 Å². The van der Waals surface area contributed by atoms with Crippen molar-refractivity contribution in [1.29, 1.82) is 0 Å². The maximum atomic E-state index is 9.10. The quantitative estimate of drug-likeness (QED) is 0.728. The number of nitrogens with one attached hydrogen (secondary N) is 1. The third kappa shape index (κ3) is 5.22. The highest BCUT2D eigenvalue weighted by Crippen LogP contribution is 2.25. The van der Waals surface area contributed by atoms with E-state index in [9.17, 15) is 0 Å². The first-order valence-electron chi connectivity index (χ1n) is 7.47. The van der Waals surface area contributed by atoms with Gasteiger partial charge in [-0.15, -0.1) is 0 Å². The minimum atomic E-state index is -1.82. The van der Waals surface area contributed by atoms with Crippen LogP contribution in [0.3, 0.4) is 0 Å². The molecule has 0 aromatic heterocycles. The van der Waals surface area contributed by atoms with Gasteiger partial charge < -0.3 is 25.0 Å². The Kier molecular flexibility index (Phi) is 6.53.